The first-order valence-electron chi connectivity index (χ1n) is 11.4. The number of carbonyl (C=O) groups is 4. The van der Waals surface area contributed by atoms with Crippen molar-refractivity contribution in [2.75, 3.05) is 0 Å². The second-order valence-corrected chi connectivity index (χ2v) is 10.1. The summed E-state index contributed by atoms with van der Waals surface area (Å²) in [6.45, 7) is 5.49. The molecule has 1 aliphatic carbocycles. The van der Waals surface area contributed by atoms with Gasteiger partial charge < -0.3 is 0 Å². The first-order chi connectivity index (χ1) is 16.1. The van der Waals surface area contributed by atoms with E-state index in [4.69, 9.17) is 23.2 Å². The Morgan fingerprint density at radius 2 is 1.56 bits per heavy atom. The average molecular weight is 501 g/mol. The molecule has 1 heterocycles. The summed E-state index contributed by atoms with van der Waals surface area (Å²) in [5.41, 5.74) is 1.49. The van der Waals surface area contributed by atoms with Crippen molar-refractivity contribution in [2.24, 2.45) is 17.8 Å². The zero-order chi connectivity index (χ0) is 24.7. The van der Waals surface area contributed by atoms with E-state index in [2.05, 4.69) is 6.92 Å². The van der Waals surface area contributed by atoms with Crippen LogP contribution in [0.15, 0.2) is 42.5 Å². The number of nitrogens with zero attached hydrogens (tertiary/aromatic N) is 2. The quantitative estimate of drug-likeness (QED) is 0.409. The Kier molecular flexibility index (Phi) is 6.83. The first-order valence-corrected chi connectivity index (χ1v) is 12.1. The topological polar surface area (TPSA) is 74.8 Å². The van der Waals surface area contributed by atoms with Gasteiger partial charge in [-0.05, 0) is 57.2 Å². The summed E-state index contributed by atoms with van der Waals surface area (Å²) in [6, 6.07) is 10.2. The number of imide groups is 1. The van der Waals surface area contributed by atoms with Gasteiger partial charge in [0.15, 0.2) is 5.78 Å². The lowest BCUT2D eigenvalue weighted by molar-refractivity contribution is -0.156. The molecule has 1 saturated carbocycles. The van der Waals surface area contributed by atoms with E-state index in [0.717, 1.165) is 22.0 Å². The standard InChI is InChI=1S/C26H26Cl2N2O4/c1-14-4-7-17(8-5-14)23(31)16(3)29(24(32)18-9-11-21(27)22(28)13-18)30-25(33)19-10-6-15(2)12-20(19)26(30)34/h4-5,7-9,11,13,15-16,19-20H,6,10,12H2,1-3H3/t15-,16-,19+,20-/m0/s1. The molecule has 8 heteroatoms. The van der Waals surface area contributed by atoms with Gasteiger partial charge in [-0.1, -0.05) is 60.0 Å². The molecule has 0 spiro atoms. The predicted molar refractivity (Wildman–Crippen MR) is 129 cm³/mol. The molecule has 0 unspecified atom stereocenters. The number of benzene rings is 2. The molecule has 1 aliphatic heterocycles. The van der Waals surface area contributed by atoms with Crippen LogP contribution in [0.25, 0.3) is 0 Å². The van der Waals surface area contributed by atoms with Gasteiger partial charge in [0.05, 0.1) is 21.9 Å². The van der Waals surface area contributed by atoms with E-state index in [0.29, 0.717) is 24.3 Å². The Bertz CT molecular complexity index is 1160. The minimum absolute atomic E-state index is 0.127. The van der Waals surface area contributed by atoms with Gasteiger partial charge in [-0.15, -0.1) is 0 Å². The molecule has 0 aromatic heterocycles. The van der Waals surface area contributed by atoms with Crippen molar-refractivity contribution in [3.8, 4) is 0 Å². The maximum Gasteiger partial charge on any atom is 0.273 e. The molecule has 1 saturated heterocycles. The molecule has 2 aliphatic rings. The molecule has 3 amide bonds. The molecule has 4 rings (SSSR count). The molecule has 0 N–H and O–H groups in total. The highest BCUT2D eigenvalue weighted by Crippen LogP contribution is 2.41. The van der Waals surface area contributed by atoms with Crippen molar-refractivity contribution >= 4 is 46.7 Å². The summed E-state index contributed by atoms with van der Waals surface area (Å²) >= 11 is 12.1. The summed E-state index contributed by atoms with van der Waals surface area (Å²) in [5.74, 6) is -2.56. The lowest BCUT2D eigenvalue weighted by atomic mass is 9.76. The Morgan fingerprint density at radius 1 is 0.941 bits per heavy atom. The SMILES string of the molecule is Cc1ccc(C(=O)[C@H](C)N(C(=O)c2ccc(Cl)c(Cl)c2)N2C(=O)[C@H]3C[C@@H](C)CC[C@H]3C2=O)cc1. The lowest BCUT2D eigenvalue weighted by Gasteiger charge is -2.34. The number of fused-ring (bicyclic) bond motifs is 1. The van der Waals surface area contributed by atoms with Crippen LogP contribution in [0.1, 0.15) is 59.4 Å². The summed E-state index contributed by atoms with van der Waals surface area (Å²) in [6.07, 6.45) is 2.01. The summed E-state index contributed by atoms with van der Waals surface area (Å²) in [5, 5.41) is 2.35. The van der Waals surface area contributed by atoms with E-state index in [1.165, 1.54) is 25.1 Å². The third-order valence-corrected chi connectivity index (χ3v) is 7.58. The van der Waals surface area contributed by atoms with Crippen LogP contribution in [0, 0.1) is 24.7 Å². The van der Waals surface area contributed by atoms with Crippen LogP contribution in [0.2, 0.25) is 10.0 Å². The summed E-state index contributed by atoms with van der Waals surface area (Å²) in [4.78, 5) is 54.0. The fraction of sp³-hybridized carbons (Fsp3) is 0.385. The Hall–Kier alpha value is -2.70. The van der Waals surface area contributed by atoms with Crippen molar-refractivity contribution in [1.82, 2.24) is 10.0 Å². The van der Waals surface area contributed by atoms with Crippen LogP contribution in [0.5, 0.6) is 0 Å². The van der Waals surface area contributed by atoms with Gasteiger partial charge in [0.2, 0.25) is 0 Å². The van der Waals surface area contributed by atoms with Gasteiger partial charge in [-0.3, -0.25) is 19.2 Å². The van der Waals surface area contributed by atoms with Gasteiger partial charge in [0.1, 0.15) is 6.04 Å². The number of ketones is 1. The number of hydrogen-bond donors (Lipinski definition) is 0. The summed E-state index contributed by atoms with van der Waals surface area (Å²) in [7, 11) is 0. The monoisotopic (exact) mass is 500 g/mol. The van der Waals surface area contributed by atoms with Gasteiger partial charge in [0, 0.05) is 11.1 Å². The van der Waals surface area contributed by atoms with Crippen LogP contribution in [-0.4, -0.2) is 39.6 Å². The number of carbonyl (C=O) groups excluding carboxylic acids is 4. The molecule has 0 radical (unpaired) electrons. The minimum Gasteiger partial charge on any atom is -0.292 e. The lowest BCUT2D eigenvalue weighted by Crippen LogP contribution is -2.56. The number of amides is 3. The number of halogens is 2. The largest absolute Gasteiger partial charge is 0.292 e. The van der Waals surface area contributed by atoms with Crippen LogP contribution < -0.4 is 0 Å². The van der Waals surface area contributed by atoms with E-state index in [1.807, 2.05) is 6.92 Å². The fourth-order valence-electron chi connectivity index (χ4n) is 4.86. The third-order valence-electron chi connectivity index (χ3n) is 6.84. The maximum absolute atomic E-state index is 13.7. The highest BCUT2D eigenvalue weighted by molar-refractivity contribution is 6.42. The fourth-order valence-corrected chi connectivity index (χ4v) is 5.15. The number of aryl methyl sites for hydroxylation is 1. The Balaban J connectivity index is 1.76. The Morgan fingerprint density at radius 3 is 2.21 bits per heavy atom. The first kappa shape index (κ1) is 24.4. The molecule has 34 heavy (non-hydrogen) atoms. The second kappa shape index (κ2) is 9.51. The number of Topliss-reactive ketones (excluding diaryl/α,β-unsaturated/α-hetero) is 1. The van der Waals surface area contributed by atoms with Crippen molar-refractivity contribution in [2.45, 2.75) is 46.1 Å². The van der Waals surface area contributed by atoms with Crippen LogP contribution >= 0.6 is 23.2 Å². The molecule has 178 valence electrons. The molecule has 6 nitrogen and oxygen atoms in total. The van der Waals surface area contributed by atoms with Crippen molar-refractivity contribution in [3.05, 3.63) is 69.2 Å². The van der Waals surface area contributed by atoms with Crippen molar-refractivity contribution < 1.29 is 19.2 Å². The second-order valence-electron chi connectivity index (χ2n) is 9.30. The normalized spacial score (nSPS) is 23.0. The maximum atomic E-state index is 13.7. The number of hydrazine groups is 1. The third kappa shape index (κ3) is 4.37. The van der Waals surface area contributed by atoms with E-state index in [9.17, 15) is 19.2 Å². The molecule has 4 atom stereocenters. The Labute approximate surface area is 208 Å². The average Bonchev–Trinajstić information content (AvgIpc) is 3.05. The predicted octanol–water partition coefficient (Wildman–Crippen LogP) is 5.35. The van der Waals surface area contributed by atoms with Crippen molar-refractivity contribution in [3.63, 3.8) is 0 Å². The molecule has 0 bridgehead atoms. The van der Waals surface area contributed by atoms with E-state index < -0.39 is 35.6 Å². The zero-order valence-electron chi connectivity index (χ0n) is 19.3. The molecular weight excluding hydrogens is 475 g/mol. The van der Waals surface area contributed by atoms with Gasteiger partial charge >= 0.3 is 0 Å². The van der Waals surface area contributed by atoms with Crippen molar-refractivity contribution in [1.29, 1.82) is 0 Å². The zero-order valence-corrected chi connectivity index (χ0v) is 20.8. The molecule has 2 aromatic carbocycles. The van der Waals surface area contributed by atoms with E-state index in [-0.39, 0.29) is 21.4 Å². The summed E-state index contributed by atoms with van der Waals surface area (Å²) < 4.78 is 0. The molecule has 2 fully saturated rings. The minimum atomic E-state index is -1.10. The van der Waals surface area contributed by atoms with Crippen LogP contribution in [-0.2, 0) is 9.59 Å². The van der Waals surface area contributed by atoms with Gasteiger partial charge in [-0.2, -0.15) is 5.01 Å². The molecule has 2 aromatic rings. The smallest absolute Gasteiger partial charge is 0.273 e. The highest BCUT2D eigenvalue weighted by atomic mass is 35.5. The molecular formula is C26H26Cl2N2O4. The van der Waals surface area contributed by atoms with Crippen LogP contribution in [0.4, 0.5) is 0 Å². The van der Waals surface area contributed by atoms with Crippen LogP contribution in [0.3, 0.4) is 0 Å². The van der Waals surface area contributed by atoms with Gasteiger partial charge in [-0.25, -0.2) is 5.01 Å². The highest BCUT2D eigenvalue weighted by Gasteiger charge is 2.54. The van der Waals surface area contributed by atoms with E-state index >= 15 is 0 Å². The number of rotatable bonds is 5. The number of hydrogen-bond acceptors (Lipinski definition) is 4. The van der Waals surface area contributed by atoms with E-state index in [1.54, 1.807) is 24.3 Å². The van der Waals surface area contributed by atoms with Gasteiger partial charge in [0.25, 0.3) is 17.7 Å².